The topological polar surface area (TPSA) is 58.4 Å². The van der Waals surface area contributed by atoms with Crippen molar-refractivity contribution < 1.29 is 4.79 Å². The maximum Gasteiger partial charge on any atom is 0.220 e. The first-order chi connectivity index (χ1) is 8.88. The van der Waals surface area contributed by atoms with Crippen molar-refractivity contribution in [1.82, 2.24) is 10.2 Å². The monoisotopic (exact) mass is 269 g/mol. The van der Waals surface area contributed by atoms with Crippen LogP contribution in [0.1, 0.15) is 46.0 Å². The summed E-state index contributed by atoms with van der Waals surface area (Å²) in [6.45, 7) is 5.22. The quantitative estimate of drug-likeness (QED) is 0.770. The van der Waals surface area contributed by atoms with Gasteiger partial charge in [-0.15, -0.1) is 0 Å². The summed E-state index contributed by atoms with van der Waals surface area (Å²) >= 11 is 0. The number of carbonyl (C=O) groups excluding carboxylic acids is 1. The molecule has 0 bridgehead atoms. The average Bonchev–Trinajstić information content (AvgIpc) is 2.30. The average molecular weight is 269 g/mol. The Bertz CT molecular complexity index is 271. The molecule has 1 rings (SSSR count). The van der Waals surface area contributed by atoms with Gasteiger partial charge in [0.25, 0.3) is 0 Å². The summed E-state index contributed by atoms with van der Waals surface area (Å²) in [7, 11) is 4.09. The summed E-state index contributed by atoms with van der Waals surface area (Å²) < 4.78 is 0. The number of hydrogen-bond acceptors (Lipinski definition) is 3. The van der Waals surface area contributed by atoms with Crippen LogP contribution in [0.5, 0.6) is 0 Å². The zero-order chi connectivity index (χ0) is 14.4. The van der Waals surface area contributed by atoms with Gasteiger partial charge in [0, 0.05) is 25.0 Å². The minimum atomic E-state index is 0.209. The molecule has 1 aliphatic rings. The second kappa shape index (κ2) is 7.85. The van der Waals surface area contributed by atoms with Gasteiger partial charge in [-0.25, -0.2) is 0 Å². The second-order valence-electron chi connectivity index (χ2n) is 6.67. The highest BCUT2D eigenvalue weighted by atomic mass is 16.1. The van der Waals surface area contributed by atoms with Gasteiger partial charge in [0.05, 0.1) is 0 Å². The number of rotatable bonds is 6. The summed E-state index contributed by atoms with van der Waals surface area (Å²) in [6, 6.07) is 0.602. The van der Waals surface area contributed by atoms with E-state index in [1.54, 1.807) is 0 Å². The van der Waals surface area contributed by atoms with Gasteiger partial charge in [-0.05, 0) is 51.6 Å². The Labute approximate surface area is 118 Å². The van der Waals surface area contributed by atoms with Crippen molar-refractivity contribution in [2.45, 2.75) is 58.0 Å². The zero-order valence-electron chi connectivity index (χ0n) is 13.0. The predicted molar refractivity (Wildman–Crippen MR) is 79.9 cm³/mol. The van der Waals surface area contributed by atoms with Gasteiger partial charge in [0.2, 0.25) is 5.91 Å². The van der Waals surface area contributed by atoms with E-state index in [9.17, 15) is 4.79 Å². The minimum absolute atomic E-state index is 0.209. The molecule has 0 radical (unpaired) electrons. The van der Waals surface area contributed by atoms with Crippen molar-refractivity contribution in [2.24, 2.45) is 17.6 Å². The normalized spacial score (nSPS) is 25.6. The Hall–Kier alpha value is -0.610. The molecule has 0 heterocycles. The third-order valence-corrected chi connectivity index (χ3v) is 4.08. The number of amides is 1. The number of likely N-dealkylation sites (N-methyl/N-ethyl adjacent to an activating group) is 1. The van der Waals surface area contributed by atoms with E-state index < -0.39 is 0 Å². The fraction of sp³-hybridized carbons (Fsp3) is 0.933. The maximum atomic E-state index is 12.1. The largest absolute Gasteiger partial charge is 0.352 e. The highest BCUT2D eigenvalue weighted by Gasteiger charge is 2.23. The van der Waals surface area contributed by atoms with Crippen molar-refractivity contribution in [3.05, 3.63) is 0 Å². The van der Waals surface area contributed by atoms with Crippen LogP contribution in [0.15, 0.2) is 0 Å². The molecule has 112 valence electrons. The summed E-state index contributed by atoms with van der Waals surface area (Å²) in [5.41, 5.74) is 5.90. The SMILES string of the molecule is CC(C)C(CN(C)C)NC(=O)CC1CCC(N)CC1. The molecular weight excluding hydrogens is 238 g/mol. The number of carbonyl (C=O) groups is 1. The molecule has 0 aromatic heterocycles. The standard InChI is InChI=1S/C15H31N3O/c1-11(2)14(10-18(3)4)17-15(19)9-12-5-7-13(16)8-6-12/h11-14H,5-10,16H2,1-4H3,(H,17,19). The molecule has 0 spiro atoms. The second-order valence-corrected chi connectivity index (χ2v) is 6.67. The van der Waals surface area contributed by atoms with Crippen LogP contribution in [-0.2, 0) is 4.79 Å². The Balaban J connectivity index is 2.35. The van der Waals surface area contributed by atoms with Crippen LogP contribution in [-0.4, -0.2) is 43.5 Å². The van der Waals surface area contributed by atoms with Crippen molar-refractivity contribution >= 4 is 5.91 Å². The van der Waals surface area contributed by atoms with Crippen molar-refractivity contribution in [2.75, 3.05) is 20.6 Å². The van der Waals surface area contributed by atoms with E-state index in [-0.39, 0.29) is 11.9 Å². The highest BCUT2D eigenvalue weighted by molar-refractivity contribution is 5.76. The summed E-state index contributed by atoms with van der Waals surface area (Å²) in [5, 5.41) is 3.19. The molecule has 0 aromatic carbocycles. The van der Waals surface area contributed by atoms with E-state index >= 15 is 0 Å². The van der Waals surface area contributed by atoms with Gasteiger partial charge >= 0.3 is 0 Å². The molecule has 4 nitrogen and oxygen atoms in total. The Morgan fingerprint density at radius 2 is 1.84 bits per heavy atom. The van der Waals surface area contributed by atoms with E-state index in [2.05, 4.69) is 24.1 Å². The third-order valence-electron chi connectivity index (χ3n) is 4.08. The molecule has 1 unspecified atom stereocenters. The number of nitrogens with zero attached hydrogens (tertiary/aromatic N) is 1. The van der Waals surface area contributed by atoms with Gasteiger partial charge in [0.15, 0.2) is 0 Å². The Morgan fingerprint density at radius 1 is 1.26 bits per heavy atom. The molecule has 0 aliphatic heterocycles. The van der Waals surface area contributed by atoms with E-state index in [4.69, 9.17) is 5.73 Å². The molecule has 4 heteroatoms. The number of nitrogens with one attached hydrogen (secondary N) is 1. The smallest absolute Gasteiger partial charge is 0.220 e. The van der Waals surface area contributed by atoms with Gasteiger partial charge < -0.3 is 16.0 Å². The first-order valence-electron chi connectivity index (χ1n) is 7.58. The molecule has 1 saturated carbocycles. The lowest BCUT2D eigenvalue weighted by molar-refractivity contribution is -0.123. The molecule has 3 N–H and O–H groups in total. The first-order valence-corrected chi connectivity index (χ1v) is 7.58. The van der Waals surface area contributed by atoms with Crippen LogP contribution < -0.4 is 11.1 Å². The fourth-order valence-corrected chi connectivity index (χ4v) is 2.74. The Morgan fingerprint density at radius 3 is 2.32 bits per heavy atom. The van der Waals surface area contributed by atoms with Crippen LogP contribution in [0.2, 0.25) is 0 Å². The predicted octanol–water partition coefficient (Wildman–Crippen LogP) is 1.60. The lowest BCUT2D eigenvalue weighted by Crippen LogP contribution is -2.45. The van der Waals surface area contributed by atoms with Crippen molar-refractivity contribution in [3.63, 3.8) is 0 Å². The lowest BCUT2D eigenvalue weighted by atomic mass is 9.84. The molecular formula is C15H31N3O. The van der Waals surface area contributed by atoms with Crippen LogP contribution in [0.3, 0.4) is 0 Å². The van der Waals surface area contributed by atoms with Gasteiger partial charge in [-0.3, -0.25) is 4.79 Å². The van der Waals surface area contributed by atoms with Gasteiger partial charge in [-0.1, -0.05) is 13.8 Å². The summed E-state index contributed by atoms with van der Waals surface area (Å²) in [4.78, 5) is 14.3. The maximum absolute atomic E-state index is 12.1. The molecule has 0 saturated heterocycles. The zero-order valence-corrected chi connectivity index (χ0v) is 13.0. The van der Waals surface area contributed by atoms with Crippen LogP contribution in [0.4, 0.5) is 0 Å². The molecule has 1 atom stereocenters. The van der Waals surface area contributed by atoms with E-state index in [1.165, 1.54) is 0 Å². The minimum Gasteiger partial charge on any atom is -0.352 e. The molecule has 0 aromatic rings. The van der Waals surface area contributed by atoms with E-state index in [1.807, 2.05) is 14.1 Å². The fourth-order valence-electron chi connectivity index (χ4n) is 2.74. The van der Waals surface area contributed by atoms with Crippen LogP contribution in [0, 0.1) is 11.8 Å². The summed E-state index contributed by atoms with van der Waals surface area (Å²) in [5.74, 6) is 1.21. The van der Waals surface area contributed by atoms with Crippen LogP contribution >= 0.6 is 0 Å². The van der Waals surface area contributed by atoms with E-state index in [0.29, 0.717) is 24.3 Å². The highest BCUT2D eigenvalue weighted by Crippen LogP contribution is 2.25. The first kappa shape index (κ1) is 16.4. The summed E-state index contributed by atoms with van der Waals surface area (Å²) in [6.07, 6.45) is 5.03. The van der Waals surface area contributed by atoms with Crippen molar-refractivity contribution in [3.8, 4) is 0 Å². The number of hydrogen-bond donors (Lipinski definition) is 2. The number of nitrogens with two attached hydrogens (primary N) is 1. The lowest BCUT2D eigenvalue weighted by Gasteiger charge is -2.28. The Kier molecular flexibility index (Phi) is 6.80. The van der Waals surface area contributed by atoms with E-state index in [0.717, 1.165) is 32.2 Å². The van der Waals surface area contributed by atoms with Crippen LogP contribution in [0.25, 0.3) is 0 Å². The molecule has 1 amide bonds. The van der Waals surface area contributed by atoms with Crippen molar-refractivity contribution in [1.29, 1.82) is 0 Å². The third kappa shape index (κ3) is 6.39. The molecule has 19 heavy (non-hydrogen) atoms. The molecule has 1 fully saturated rings. The molecule has 1 aliphatic carbocycles. The van der Waals surface area contributed by atoms with Gasteiger partial charge in [0.1, 0.15) is 0 Å². The van der Waals surface area contributed by atoms with Gasteiger partial charge in [-0.2, -0.15) is 0 Å².